The van der Waals surface area contributed by atoms with Gasteiger partial charge in [-0.1, -0.05) is 35.4 Å². The van der Waals surface area contributed by atoms with Crippen molar-refractivity contribution in [3.8, 4) is 11.1 Å². The van der Waals surface area contributed by atoms with Crippen molar-refractivity contribution in [1.82, 2.24) is 0 Å². The Hall–Kier alpha value is -1.80. The lowest BCUT2D eigenvalue weighted by Crippen LogP contribution is -1.97. The second-order valence-corrected chi connectivity index (χ2v) is 4.73. The van der Waals surface area contributed by atoms with Crippen molar-refractivity contribution in [3.05, 3.63) is 58.1 Å². The van der Waals surface area contributed by atoms with Gasteiger partial charge in [-0.05, 0) is 43.2 Å². The van der Waals surface area contributed by atoms with Gasteiger partial charge in [0.1, 0.15) is 0 Å². The van der Waals surface area contributed by atoms with Gasteiger partial charge in [0.05, 0.1) is 5.56 Å². The average molecular weight is 261 g/mol. The van der Waals surface area contributed by atoms with Crippen LogP contribution < -0.4 is 0 Å². The molecule has 0 aliphatic rings. The Morgan fingerprint density at radius 1 is 1.06 bits per heavy atom. The Labute approximate surface area is 111 Å². The second-order valence-electron chi connectivity index (χ2n) is 4.32. The van der Waals surface area contributed by atoms with Crippen LogP contribution in [0, 0.1) is 13.8 Å². The van der Waals surface area contributed by atoms with Gasteiger partial charge >= 0.3 is 5.97 Å². The largest absolute Gasteiger partial charge is 0.478 e. The highest BCUT2D eigenvalue weighted by Crippen LogP contribution is 2.31. The molecular weight excluding hydrogens is 248 g/mol. The SMILES string of the molecule is Cc1ccc(C)c(-c2cc(C(=O)O)ccc2Cl)c1. The predicted octanol–water partition coefficient (Wildman–Crippen LogP) is 4.32. The number of carboxylic acids is 1. The zero-order valence-electron chi connectivity index (χ0n) is 10.2. The third-order valence-electron chi connectivity index (χ3n) is 2.90. The molecule has 0 aromatic heterocycles. The van der Waals surface area contributed by atoms with Gasteiger partial charge in [0.2, 0.25) is 0 Å². The van der Waals surface area contributed by atoms with E-state index in [-0.39, 0.29) is 5.56 Å². The molecule has 18 heavy (non-hydrogen) atoms. The molecule has 0 spiro atoms. The van der Waals surface area contributed by atoms with Crippen LogP contribution in [-0.4, -0.2) is 11.1 Å². The van der Waals surface area contributed by atoms with Crippen LogP contribution in [0.4, 0.5) is 0 Å². The number of carboxylic acid groups (broad SMARTS) is 1. The summed E-state index contributed by atoms with van der Waals surface area (Å²) in [6, 6.07) is 10.8. The van der Waals surface area contributed by atoms with Gasteiger partial charge in [-0.15, -0.1) is 0 Å². The fraction of sp³-hybridized carbons (Fsp3) is 0.133. The molecule has 2 rings (SSSR count). The fourth-order valence-electron chi connectivity index (χ4n) is 1.89. The van der Waals surface area contributed by atoms with Crippen molar-refractivity contribution >= 4 is 17.6 Å². The van der Waals surface area contributed by atoms with Gasteiger partial charge in [0.25, 0.3) is 0 Å². The van der Waals surface area contributed by atoms with Crippen molar-refractivity contribution in [1.29, 1.82) is 0 Å². The lowest BCUT2D eigenvalue weighted by atomic mass is 9.97. The summed E-state index contributed by atoms with van der Waals surface area (Å²) < 4.78 is 0. The third kappa shape index (κ3) is 2.39. The van der Waals surface area contributed by atoms with Crippen LogP contribution in [0.25, 0.3) is 11.1 Å². The molecule has 0 heterocycles. The zero-order valence-corrected chi connectivity index (χ0v) is 11.0. The minimum Gasteiger partial charge on any atom is -0.478 e. The highest BCUT2D eigenvalue weighted by molar-refractivity contribution is 6.33. The highest BCUT2D eigenvalue weighted by Gasteiger charge is 2.11. The maximum absolute atomic E-state index is 11.0. The minimum atomic E-state index is -0.946. The number of rotatable bonds is 2. The number of benzene rings is 2. The molecule has 0 saturated heterocycles. The molecule has 0 saturated carbocycles. The summed E-state index contributed by atoms with van der Waals surface area (Å²) >= 11 is 6.17. The van der Waals surface area contributed by atoms with Crippen molar-refractivity contribution in [3.63, 3.8) is 0 Å². The Morgan fingerprint density at radius 2 is 1.78 bits per heavy atom. The van der Waals surface area contributed by atoms with Gasteiger partial charge in [0.15, 0.2) is 0 Å². The third-order valence-corrected chi connectivity index (χ3v) is 3.23. The van der Waals surface area contributed by atoms with Crippen molar-refractivity contribution in [2.45, 2.75) is 13.8 Å². The highest BCUT2D eigenvalue weighted by atomic mass is 35.5. The molecule has 0 aliphatic carbocycles. The van der Waals surface area contributed by atoms with Crippen molar-refractivity contribution < 1.29 is 9.90 Å². The molecule has 0 unspecified atom stereocenters. The van der Waals surface area contributed by atoms with Gasteiger partial charge in [0, 0.05) is 10.6 Å². The molecule has 2 aromatic carbocycles. The Balaban J connectivity index is 2.66. The summed E-state index contributed by atoms with van der Waals surface area (Å²) in [4.78, 5) is 11.0. The predicted molar refractivity (Wildman–Crippen MR) is 73.3 cm³/mol. The quantitative estimate of drug-likeness (QED) is 0.873. The second kappa shape index (κ2) is 4.83. The lowest BCUT2D eigenvalue weighted by Gasteiger charge is -2.10. The van der Waals surface area contributed by atoms with E-state index in [2.05, 4.69) is 0 Å². The number of hydrogen-bond donors (Lipinski definition) is 1. The topological polar surface area (TPSA) is 37.3 Å². The fourth-order valence-corrected chi connectivity index (χ4v) is 2.11. The molecular formula is C15H13ClO2. The maximum atomic E-state index is 11.0. The first kappa shape index (κ1) is 12.7. The maximum Gasteiger partial charge on any atom is 0.335 e. The minimum absolute atomic E-state index is 0.246. The Kier molecular flexibility index (Phi) is 3.39. The van der Waals surface area contributed by atoms with E-state index in [1.54, 1.807) is 12.1 Å². The van der Waals surface area contributed by atoms with Crippen molar-refractivity contribution in [2.24, 2.45) is 0 Å². The monoisotopic (exact) mass is 260 g/mol. The summed E-state index contributed by atoms with van der Waals surface area (Å²) in [5.74, 6) is -0.946. The van der Waals surface area contributed by atoms with Gasteiger partial charge in [-0.3, -0.25) is 0 Å². The molecule has 0 fully saturated rings. The average Bonchev–Trinajstić information content (AvgIpc) is 2.33. The molecule has 0 aliphatic heterocycles. The van der Waals surface area contributed by atoms with Crippen LogP contribution >= 0.6 is 11.6 Å². The molecule has 0 radical (unpaired) electrons. The molecule has 3 heteroatoms. The number of halogens is 1. The van der Waals surface area contributed by atoms with E-state index in [0.717, 1.165) is 22.3 Å². The Bertz CT molecular complexity index is 618. The van der Waals surface area contributed by atoms with Gasteiger partial charge in [-0.2, -0.15) is 0 Å². The van der Waals surface area contributed by atoms with E-state index in [1.165, 1.54) is 6.07 Å². The molecule has 92 valence electrons. The first-order chi connectivity index (χ1) is 8.49. The number of carbonyl (C=O) groups is 1. The van der Waals surface area contributed by atoms with E-state index in [0.29, 0.717) is 5.02 Å². The summed E-state index contributed by atoms with van der Waals surface area (Å²) in [5, 5.41) is 9.59. The van der Waals surface area contributed by atoms with E-state index in [4.69, 9.17) is 16.7 Å². The Morgan fingerprint density at radius 3 is 2.44 bits per heavy atom. The number of hydrogen-bond acceptors (Lipinski definition) is 1. The molecule has 0 atom stereocenters. The number of aryl methyl sites for hydroxylation is 2. The molecule has 0 bridgehead atoms. The molecule has 0 amide bonds. The van der Waals surface area contributed by atoms with E-state index in [1.807, 2.05) is 32.0 Å². The first-order valence-electron chi connectivity index (χ1n) is 5.59. The van der Waals surface area contributed by atoms with Crippen LogP contribution in [0.1, 0.15) is 21.5 Å². The van der Waals surface area contributed by atoms with Gasteiger partial charge < -0.3 is 5.11 Å². The van der Waals surface area contributed by atoms with E-state index >= 15 is 0 Å². The van der Waals surface area contributed by atoms with Crippen LogP contribution in [0.2, 0.25) is 5.02 Å². The van der Waals surface area contributed by atoms with Crippen molar-refractivity contribution in [2.75, 3.05) is 0 Å². The first-order valence-corrected chi connectivity index (χ1v) is 5.97. The summed E-state index contributed by atoms with van der Waals surface area (Å²) in [7, 11) is 0. The van der Waals surface area contributed by atoms with Crippen LogP contribution in [-0.2, 0) is 0 Å². The van der Waals surface area contributed by atoms with Crippen LogP contribution in [0.5, 0.6) is 0 Å². The zero-order chi connectivity index (χ0) is 13.3. The van der Waals surface area contributed by atoms with Gasteiger partial charge in [-0.25, -0.2) is 4.79 Å². The summed E-state index contributed by atoms with van der Waals surface area (Å²) in [6.45, 7) is 3.98. The van der Waals surface area contributed by atoms with Crippen LogP contribution in [0.15, 0.2) is 36.4 Å². The standard InChI is InChI=1S/C15H13ClO2/c1-9-3-4-10(2)12(7-9)13-8-11(15(17)18)5-6-14(13)16/h3-8H,1-2H3,(H,17,18). The van der Waals surface area contributed by atoms with Crippen LogP contribution in [0.3, 0.4) is 0 Å². The smallest absolute Gasteiger partial charge is 0.335 e. The van der Waals surface area contributed by atoms with E-state index < -0.39 is 5.97 Å². The summed E-state index contributed by atoms with van der Waals surface area (Å²) in [5.41, 5.74) is 4.17. The molecule has 2 nitrogen and oxygen atoms in total. The summed E-state index contributed by atoms with van der Waals surface area (Å²) in [6.07, 6.45) is 0. The van der Waals surface area contributed by atoms with E-state index in [9.17, 15) is 4.79 Å². The number of aromatic carboxylic acids is 1. The normalized spacial score (nSPS) is 10.4. The molecule has 2 aromatic rings. The lowest BCUT2D eigenvalue weighted by molar-refractivity contribution is 0.0697. The molecule has 1 N–H and O–H groups in total.